The minimum Gasteiger partial charge on any atom is -0.353 e. The third-order valence-electron chi connectivity index (χ3n) is 5.89. The number of para-hydroxylation sites is 1. The molecular weight excluding hydrogens is 432 g/mol. The van der Waals surface area contributed by atoms with Crippen molar-refractivity contribution in [2.75, 3.05) is 31.1 Å². The Morgan fingerprint density at radius 1 is 0.788 bits per heavy atom. The van der Waals surface area contributed by atoms with Crippen LogP contribution in [0.15, 0.2) is 75.9 Å². The predicted molar refractivity (Wildman–Crippen MR) is 130 cm³/mol. The molecule has 8 heteroatoms. The lowest BCUT2D eigenvalue weighted by atomic mass is 10.2. The molecule has 0 aliphatic carbocycles. The van der Waals surface area contributed by atoms with E-state index in [2.05, 4.69) is 55.0 Å². The van der Waals surface area contributed by atoms with Crippen molar-refractivity contribution in [3.8, 4) is 22.8 Å². The van der Waals surface area contributed by atoms with Crippen LogP contribution >= 0.6 is 11.3 Å². The predicted octanol–water partition coefficient (Wildman–Crippen LogP) is 4.73. The van der Waals surface area contributed by atoms with Crippen LogP contribution in [-0.4, -0.2) is 51.2 Å². The summed E-state index contributed by atoms with van der Waals surface area (Å²) in [6, 6.07) is 20.2. The lowest BCUT2D eigenvalue weighted by Gasteiger charge is -2.35. The van der Waals surface area contributed by atoms with Gasteiger partial charge in [0.2, 0.25) is 11.7 Å². The maximum Gasteiger partial charge on any atom is 0.241 e. The van der Waals surface area contributed by atoms with Gasteiger partial charge in [0.15, 0.2) is 5.82 Å². The summed E-state index contributed by atoms with van der Waals surface area (Å²) in [4.78, 5) is 19.1. The molecule has 0 amide bonds. The lowest BCUT2D eigenvalue weighted by molar-refractivity contribution is 0.215. The number of piperazine rings is 1. The Bertz CT molecular complexity index is 1360. The van der Waals surface area contributed by atoms with Gasteiger partial charge in [-0.25, -0.2) is 9.97 Å². The highest BCUT2D eigenvalue weighted by molar-refractivity contribution is 7.08. The van der Waals surface area contributed by atoms with Crippen LogP contribution in [0.25, 0.3) is 33.7 Å². The highest BCUT2D eigenvalue weighted by Gasteiger charge is 2.23. The SMILES string of the molecule is c1ccc(-c2noc(CN3CCN(c4nc(-c5ccsc5)nc5ccccc45)CC3)n2)cc1. The summed E-state index contributed by atoms with van der Waals surface area (Å²) in [5.41, 5.74) is 3.01. The van der Waals surface area contributed by atoms with E-state index in [-0.39, 0.29) is 0 Å². The molecule has 0 atom stereocenters. The van der Waals surface area contributed by atoms with Gasteiger partial charge in [0, 0.05) is 48.1 Å². The van der Waals surface area contributed by atoms with Crippen LogP contribution in [0.1, 0.15) is 5.89 Å². The average Bonchev–Trinajstić information content (AvgIpc) is 3.57. The summed E-state index contributed by atoms with van der Waals surface area (Å²) in [5, 5.41) is 9.40. The van der Waals surface area contributed by atoms with Crippen molar-refractivity contribution in [2.45, 2.75) is 6.54 Å². The van der Waals surface area contributed by atoms with Gasteiger partial charge in [-0.15, -0.1) is 0 Å². The fraction of sp³-hybridized carbons (Fsp3) is 0.200. The quantitative estimate of drug-likeness (QED) is 0.380. The highest BCUT2D eigenvalue weighted by atomic mass is 32.1. The fourth-order valence-corrected chi connectivity index (χ4v) is 4.79. The molecule has 1 fully saturated rings. The van der Waals surface area contributed by atoms with Gasteiger partial charge in [-0.05, 0) is 23.6 Å². The first-order chi connectivity index (χ1) is 16.3. The maximum absolute atomic E-state index is 5.51. The Morgan fingerprint density at radius 3 is 2.42 bits per heavy atom. The van der Waals surface area contributed by atoms with Gasteiger partial charge in [-0.3, -0.25) is 4.90 Å². The van der Waals surface area contributed by atoms with Crippen LogP contribution in [0, 0.1) is 0 Å². The Balaban J connectivity index is 1.19. The topological polar surface area (TPSA) is 71.2 Å². The third kappa shape index (κ3) is 4.10. The van der Waals surface area contributed by atoms with E-state index < -0.39 is 0 Å². The van der Waals surface area contributed by atoms with Crippen molar-refractivity contribution in [2.24, 2.45) is 0 Å². The van der Waals surface area contributed by atoms with E-state index in [1.807, 2.05) is 36.4 Å². The number of nitrogens with zero attached hydrogens (tertiary/aromatic N) is 6. The average molecular weight is 455 g/mol. The number of anilines is 1. The zero-order valence-corrected chi connectivity index (χ0v) is 18.8. The molecule has 1 saturated heterocycles. The van der Waals surface area contributed by atoms with E-state index in [1.165, 1.54) is 0 Å². The van der Waals surface area contributed by atoms with Crippen LogP contribution in [0.5, 0.6) is 0 Å². The summed E-state index contributed by atoms with van der Waals surface area (Å²) in [7, 11) is 0. The van der Waals surface area contributed by atoms with E-state index >= 15 is 0 Å². The van der Waals surface area contributed by atoms with Crippen LogP contribution in [0.2, 0.25) is 0 Å². The number of fused-ring (bicyclic) bond motifs is 1. The number of benzene rings is 2. The number of thiophene rings is 1. The largest absolute Gasteiger partial charge is 0.353 e. The molecule has 0 N–H and O–H groups in total. The molecule has 5 aromatic rings. The smallest absolute Gasteiger partial charge is 0.241 e. The molecule has 0 saturated carbocycles. The molecule has 1 aliphatic rings. The van der Waals surface area contributed by atoms with E-state index in [9.17, 15) is 0 Å². The van der Waals surface area contributed by atoms with Crippen molar-refractivity contribution in [3.63, 3.8) is 0 Å². The second kappa shape index (κ2) is 8.73. The Hall–Kier alpha value is -3.62. The van der Waals surface area contributed by atoms with Crippen LogP contribution in [0.4, 0.5) is 5.82 Å². The van der Waals surface area contributed by atoms with Crippen LogP contribution in [-0.2, 0) is 6.54 Å². The monoisotopic (exact) mass is 454 g/mol. The first-order valence-electron chi connectivity index (χ1n) is 11.0. The second-order valence-electron chi connectivity index (χ2n) is 8.04. The van der Waals surface area contributed by atoms with Crippen molar-refractivity contribution < 1.29 is 4.52 Å². The minimum atomic E-state index is 0.637. The van der Waals surface area contributed by atoms with Crippen molar-refractivity contribution in [3.05, 3.63) is 77.3 Å². The molecule has 0 unspecified atom stereocenters. The zero-order valence-electron chi connectivity index (χ0n) is 18.0. The Morgan fingerprint density at radius 2 is 1.61 bits per heavy atom. The lowest BCUT2D eigenvalue weighted by Crippen LogP contribution is -2.46. The molecule has 3 aromatic heterocycles. The fourth-order valence-electron chi connectivity index (χ4n) is 4.15. The first-order valence-corrected chi connectivity index (χ1v) is 11.9. The molecule has 2 aromatic carbocycles. The number of aromatic nitrogens is 4. The number of hydrogen-bond acceptors (Lipinski definition) is 8. The molecule has 4 heterocycles. The van der Waals surface area contributed by atoms with E-state index in [4.69, 9.17) is 14.5 Å². The molecule has 1 aliphatic heterocycles. The minimum absolute atomic E-state index is 0.637. The normalized spacial score (nSPS) is 14.7. The summed E-state index contributed by atoms with van der Waals surface area (Å²) in [6.45, 7) is 4.20. The van der Waals surface area contributed by atoms with Crippen LogP contribution < -0.4 is 4.90 Å². The Kier molecular flexibility index (Phi) is 5.29. The van der Waals surface area contributed by atoms with Gasteiger partial charge in [0.05, 0.1) is 12.1 Å². The molecular formula is C25H22N6OS. The Labute approximate surface area is 195 Å². The summed E-state index contributed by atoms with van der Waals surface area (Å²) in [5.74, 6) is 3.07. The van der Waals surface area contributed by atoms with Gasteiger partial charge >= 0.3 is 0 Å². The summed E-state index contributed by atoms with van der Waals surface area (Å²) < 4.78 is 5.51. The first kappa shape index (κ1) is 20.0. The summed E-state index contributed by atoms with van der Waals surface area (Å²) in [6.07, 6.45) is 0. The summed E-state index contributed by atoms with van der Waals surface area (Å²) >= 11 is 1.66. The highest BCUT2D eigenvalue weighted by Crippen LogP contribution is 2.29. The van der Waals surface area contributed by atoms with Crippen molar-refractivity contribution in [1.29, 1.82) is 0 Å². The van der Waals surface area contributed by atoms with Gasteiger partial charge in [0.1, 0.15) is 5.82 Å². The standard InChI is InChI=1S/C25H22N6OS/c1-2-6-18(7-3-1)24-27-22(32-29-24)16-30-11-13-31(14-12-30)25-20-8-4-5-9-21(20)26-23(28-25)19-10-15-33-17-19/h1-10,15,17H,11-14,16H2. The second-order valence-corrected chi connectivity index (χ2v) is 8.82. The molecule has 33 heavy (non-hydrogen) atoms. The third-order valence-corrected chi connectivity index (χ3v) is 6.58. The number of hydrogen-bond donors (Lipinski definition) is 0. The van der Waals surface area contributed by atoms with E-state index in [1.54, 1.807) is 11.3 Å². The van der Waals surface area contributed by atoms with E-state index in [0.717, 1.165) is 59.9 Å². The van der Waals surface area contributed by atoms with Gasteiger partial charge < -0.3 is 9.42 Å². The molecule has 6 rings (SSSR count). The van der Waals surface area contributed by atoms with Crippen molar-refractivity contribution >= 4 is 28.1 Å². The van der Waals surface area contributed by atoms with Gasteiger partial charge in [-0.1, -0.05) is 47.6 Å². The van der Waals surface area contributed by atoms with Gasteiger partial charge in [-0.2, -0.15) is 16.3 Å². The zero-order chi connectivity index (χ0) is 22.0. The molecule has 7 nitrogen and oxygen atoms in total. The maximum atomic E-state index is 5.51. The molecule has 0 bridgehead atoms. The molecule has 0 radical (unpaired) electrons. The number of rotatable bonds is 5. The molecule has 164 valence electrons. The van der Waals surface area contributed by atoms with Crippen LogP contribution in [0.3, 0.4) is 0 Å². The van der Waals surface area contributed by atoms with Crippen molar-refractivity contribution in [1.82, 2.24) is 25.0 Å². The molecule has 0 spiro atoms. The van der Waals surface area contributed by atoms with Gasteiger partial charge in [0.25, 0.3) is 0 Å². The van der Waals surface area contributed by atoms with E-state index in [0.29, 0.717) is 18.3 Å².